The Morgan fingerprint density at radius 2 is 1.67 bits per heavy atom. The van der Waals surface area contributed by atoms with Crippen LogP contribution in [0.3, 0.4) is 0 Å². The van der Waals surface area contributed by atoms with Crippen molar-refractivity contribution in [2.75, 3.05) is 6.16 Å². The molecule has 1 atom stereocenters. The summed E-state index contributed by atoms with van der Waals surface area (Å²) in [4.78, 5) is 0. The molecule has 0 N–H and O–H groups in total. The number of hydrogen-bond donors (Lipinski definition) is 0. The van der Waals surface area contributed by atoms with Crippen molar-refractivity contribution in [3.63, 3.8) is 0 Å². The van der Waals surface area contributed by atoms with Crippen LogP contribution in [0.15, 0.2) is 60.7 Å². The maximum Gasteiger partial charge on any atom is 0.236 e. The average Bonchev–Trinajstić information content (AvgIpc) is 2.61. The molecule has 0 saturated carbocycles. The Kier molecular flexibility index (Phi) is 7.30. The number of allylic oxidation sites excluding steroid dienone is 1. The number of halogens is 1. The maximum atomic E-state index is 13.5. The van der Waals surface area contributed by atoms with E-state index in [0.717, 1.165) is 23.7 Å². The quantitative estimate of drug-likeness (QED) is 0.525. The van der Waals surface area contributed by atoms with Crippen molar-refractivity contribution < 1.29 is 9.09 Å². The molecule has 0 unspecified atom stereocenters. The van der Waals surface area contributed by atoms with E-state index in [4.69, 9.17) is 16.1 Å². The molecule has 0 aromatic heterocycles. The van der Waals surface area contributed by atoms with E-state index in [0.29, 0.717) is 11.2 Å². The van der Waals surface area contributed by atoms with Crippen LogP contribution in [0, 0.1) is 0 Å². The molecular weight excluding hydrogens is 339 g/mol. The van der Waals surface area contributed by atoms with Crippen LogP contribution in [0.1, 0.15) is 32.3 Å². The Bertz CT molecular complexity index is 691. The summed E-state index contributed by atoms with van der Waals surface area (Å²) in [6.45, 7) is 4.11. The van der Waals surface area contributed by atoms with Crippen LogP contribution in [-0.4, -0.2) is 12.3 Å². The smallest absolute Gasteiger partial charge is 0.236 e. The van der Waals surface area contributed by atoms with Gasteiger partial charge >= 0.3 is 0 Å². The maximum absolute atomic E-state index is 13.5. The van der Waals surface area contributed by atoms with E-state index in [1.54, 1.807) is 12.1 Å². The fourth-order valence-corrected chi connectivity index (χ4v) is 4.76. The lowest BCUT2D eigenvalue weighted by molar-refractivity contribution is 0.200. The molecule has 0 aliphatic rings. The first-order chi connectivity index (χ1) is 11.6. The summed E-state index contributed by atoms with van der Waals surface area (Å²) in [6, 6.07) is 17.1. The zero-order valence-corrected chi connectivity index (χ0v) is 15.8. The molecule has 2 aromatic rings. The van der Waals surface area contributed by atoms with Gasteiger partial charge < -0.3 is 4.52 Å². The van der Waals surface area contributed by atoms with E-state index in [-0.39, 0.29) is 6.10 Å². The van der Waals surface area contributed by atoms with Gasteiger partial charge in [-0.2, -0.15) is 0 Å². The minimum absolute atomic E-state index is 0.00311. The van der Waals surface area contributed by atoms with Gasteiger partial charge in [0, 0.05) is 16.5 Å². The first kappa shape index (κ1) is 19.0. The second-order valence-corrected chi connectivity index (χ2v) is 8.57. The van der Waals surface area contributed by atoms with Crippen molar-refractivity contribution in [2.24, 2.45) is 0 Å². The van der Waals surface area contributed by atoms with Crippen LogP contribution in [0.4, 0.5) is 0 Å². The van der Waals surface area contributed by atoms with Crippen LogP contribution in [0.2, 0.25) is 5.02 Å². The highest BCUT2D eigenvalue weighted by Crippen LogP contribution is 2.48. The zero-order chi connectivity index (χ0) is 17.4. The van der Waals surface area contributed by atoms with E-state index >= 15 is 0 Å². The molecule has 0 fully saturated rings. The normalized spacial score (nSPS) is 14.2. The Balaban J connectivity index is 2.23. The predicted molar refractivity (Wildman–Crippen MR) is 104 cm³/mol. The molecule has 0 aliphatic carbocycles. The van der Waals surface area contributed by atoms with Gasteiger partial charge in [0.15, 0.2) is 0 Å². The van der Waals surface area contributed by atoms with Crippen molar-refractivity contribution >= 4 is 30.4 Å². The zero-order valence-electron chi connectivity index (χ0n) is 14.2. The molecule has 4 heteroatoms. The van der Waals surface area contributed by atoms with Crippen LogP contribution in [-0.2, 0) is 9.09 Å². The summed E-state index contributed by atoms with van der Waals surface area (Å²) >= 11 is 5.96. The molecular formula is C20H24ClO2P. The van der Waals surface area contributed by atoms with Gasteiger partial charge in [0.05, 0.1) is 6.10 Å². The summed E-state index contributed by atoms with van der Waals surface area (Å²) in [5, 5.41) is 1.35. The lowest BCUT2D eigenvalue weighted by Crippen LogP contribution is -2.16. The molecule has 0 saturated heterocycles. The SMILES string of the molecule is CCC(CC)O[P@](=O)(C/C=C/c1ccccc1)c1ccc(Cl)cc1. The molecule has 0 heterocycles. The number of rotatable bonds is 8. The van der Waals surface area contributed by atoms with Gasteiger partial charge in [0.25, 0.3) is 0 Å². The Labute approximate surface area is 150 Å². The van der Waals surface area contributed by atoms with E-state index in [2.05, 4.69) is 13.8 Å². The second-order valence-electron chi connectivity index (χ2n) is 5.69. The van der Waals surface area contributed by atoms with E-state index in [1.807, 2.05) is 54.6 Å². The average molecular weight is 363 g/mol. The van der Waals surface area contributed by atoms with Gasteiger partial charge in [-0.15, -0.1) is 0 Å². The predicted octanol–water partition coefficient (Wildman–Crippen LogP) is 6.16. The third-order valence-corrected chi connectivity index (χ3v) is 6.57. The first-order valence-corrected chi connectivity index (χ1v) is 10.5. The van der Waals surface area contributed by atoms with Crippen molar-refractivity contribution in [3.8, 4) is 0 Å². The molecule has 2 aromatic carbocycles. The van der Waals surface area contributed by atoms with Gasteiger partial charge in [-0.25, -0.2) is 0 Å². The fraction of sp³-hybridized carbons (Fsp3) is 0.300. The molecule has 2 nitrogen and oxygen atoms in total. The third kappa shape index (κ3) is 5.34. The summed E-state index contributed by atoms with van der Waals surface area (Å²) < 4.78 is 19.6. The summed E-state index contributed by atoms with van der Waals surface area (Å²) in [5.74, 6) is 0. The molecule has 0 aliphatic heterocycles. The molecule has 0 bridgehead atoms. The van der Waals surface area contributed by atoms with Crippen molar-refractivity contribution in [1.29, 1.82) is 0 Å². The number of hydrogen-bond acceptors (Lipinski definition) is 2. The minimum atomic E-state index is -2.96. The summed E-state index contributed by atoms with van der Waals surface area (Å²) in [6.07, 6.45) is 5.98. The lowest BCUT2D eigenvalue weighted by Gasteiger charge is -2.23. The van der Waals surface area contributed by atoms with Crippen molar-refractivity contribution in [1.82, 2.24) is 0 Å². The molecule has 0 spiro atoms. The molecule has 0 radical (unpaired) electrons. The van der Waals surface area contributed by atoms with Crippen LogP contribution < -0.4 is 5.30 Å². The highest BCUT2D eigenvalue weighted by molar-refractivity contribution is 7.67. The standard InChI is InChI=1S/C20H24ClO2P/c1-3-19(4-2)23-24(22,20-14-12-18(21)13-15-20)16-8-11-17-9-6-5-7-10-17/h5-15,19H,3-4,16H2,1-2H3/b11-8+/t24-/m1/s1. The van der Waals surface area contributed by atoms with Crippen molar-refractivity contribution in [2.45, 2.75) is 32.8 Å². The third-order valence-electron chi connectivity index (χ3n) is 3.91. The number of benzene rings is 2. The lowest BCUT2D eigenvalue weighted by atomic mass is 10.2. The van der Waals surface area contributed by atoms with Gasteiger partial charge in [0.1, 0.15) is 0 Å². The summed E-state index contributed by atoms with van der Waals surface area (Å²) in [7, 11) is -2.96. The van der Waals surface area contributed by atoms with Crippen molar-refractivity contribution in [3.05, 3.63) is 71.3 Å². The molecule has 24 heavy (non-hydrogen) atoms. The first-order valence-electron chi connectivity index (χ1n) is 8.32. The van der Waals surface area contributed by atoms with E-state index in [9.17, 15) is 4.57 Å². The van der Waals surface area contributed by atoms with E-state index in [1.165, 1.54) is 0 Å². The van der Waals surface area contributed by atoms with Gasteiger partial charge in [-0.1, -0.05) is 67.9 Å². The summed E-state index contributed by atoms with van der Waals surface area (Å²) in [5.41, 5.74) is 1.09. The van der Waals surface area contributed by atoms with Gasteiger partial charge in [0.2, 0.25) is 7.37 Å². The molecule has 2 rings (SSSR count). The monoisotopic (exact) mass is 362 g/mol. The second kappa shape index (κ2) is 9.22. The van der Waals surface area contributed by atoms with E-state index < -0.39 is 7.37 Å². The molecule has 128 valence electrons. The Morgan fingerprint density at radius 1 is 1.04 bits per heavy atom. The highest BCUT2D eigenvalue weighted by Gasteiger charge is 2.27. The largest absolute Gasteiger partial charge is 0.322 e. The highest BCUT2D eigenvalue weighted by atomic mass is 35.5. The topological polar surface area (TPSA) is 26.3 Å². The fourth-order valence-electron chi connectivity index (χ4n) is 2.45. The molecule has 0 amide bonds. The Hall–Kier alpha value is -1.34. The van der Waals surface area contributed by atoms with Gasteiger partial charge in [-0.05, 0) is 42.7 Å². The Morgan fingerprint density at radius 3 is 2.25 bits per heavy atom. The van der Waals surface area contributed by atoms with Crippen LogP contribution in [0.25, 0.3) is 6.08 Å². The van der Waals surface area contributed by atoms with Crippen LogP contribution in [0.5, 0.6) is 0 Å². The van der Waals surface area contributed by atoms with Gasteiger partial charge in [-0.3, -0.25) is 4.57 Å². The van der Waals surface area contributed by atoms with Crippen LogP contribution >= 0.6 is 19.0 Å². The minimum Gasteiger partial charge on any atom is -0.322 e.